The Morgan fingerprint density at radius 1 is 1.37 bits per heavy atom. The molecule has 0 aliphatic rings. The van der Waals surface area contributed by atoms with Gasteiger partial charge in [0.25, 0.3) is 5.69 Å². The van der Waals surface area contributed by atoms with Crippen molar-refractivity contribution in [3.63, 3.8) is 0 Å². The number of carbonyl (C=O) groups is 2. The first kappa shape index (κ1) is 14.5. The molecule has 1 aromatic carbocycles. The minimum atomic E-state index is -1.08. The van der Waals surface area contributed by atoms with Gasteiger partial charge in [0.2, 0.25) is 0 Å². The Hall–Kier alpha value is -2.57. The van der Waals surface area contributed by atoms with Crippen LogP contribution in [0.3, 0.4) is 0 Å². The van der Waals surface area contributed by atoms with E-state index in [4.69, 9.17) is 10.1 Å². The molecule has 0 fully saturated rings. The number of rotatable bonds is 6. The summed E-state index contributed by atoms with van der Waals surface area (Å²) in [6, 6.07) is 5.78. The molecule has 19 heavy (non-hydrogen) atoms. The number of hydrogen-bond donors (Lipinski definition) is 1. The number of nitrogens with one attached hydrogen (secondary N) is 1. The second kappa shape index (κ2) is 6.39. The van der Waals surface area contributed by atoms with Crippen molar-refractivity contribution in [3.8, 4) is 0 Å². The standard InChI is InChI=1S/C12H12N2O5/c1-2-10(15)11(13)12(16)19-7-8-5-3-4-6-9(8)14(17)18/h3-6,13H,2,7H2,1H3. The molecule has 0 amide bonds. The van der Waals surface area contributed by atoms with Crippen LogP contribution < -0.4 is 0 Å². The number of para-hydroxylation sites is 1. The van der Waals surface area contributed by atoms with Crippen molar-refractivity contribution in [3.05, 3.63) is 39.9 Å². The highest BCUT2D eigenvalue weighted by atomic mass is 16.6. The third-order valence-corrected chi connectivity index (χ3v) is 2.35. The van der Waals surface area contributed by atoms with E-state index in [0.29, 0.717) is 0 Å². The van der Waals surface area contributed by atoms with Gasteiger partial charge in [-0.05, 0) is 6.07 Å². The maximum Gasteiger partial charge on any atom is 0.360 e. The number of ether oxygens (including phenoxy) is 1. The summed E-state index contributed by atoms with van der Waals surface area (Å²) in [6.07, 6.45) is 0.0272. The van der Waals surface area contributed by atoms with Crippen LogP contribution in [0.1, 0.15) is 18.9 Å². The molecule has 1 N–H and O–H groups in total. The van der Waals surface area contributed by atoms with E-state index < -0.39 is 22.4 Å². The van der Waals surface area contributed by atoms with Crippen molar-refractivity contribution in [2.75, 3.05) is 0 Å². The molecule has 0 saturated carbocycles. The minimum absolute atomic E-state index is 0.0272. The highest BCUT2D eigenvalue weighted by Crippen LogP contribution is 2.18. The molecule has 7 nitrogen and oxygen atoms in total. The molecule has 0 unspecified atom stereocenters. The lowest BCUT2D eigenvalue weighted by Crippen LogP contribution is -2.24. The lowest BCUT2D eigenvalue weighted by molar-refractivity contribution is -0.385. The summed E-state index contributed by atoms with van der Waals surface area (Å²) in [7, 11) is 0. The molecular formula is C12H12N2O5. The number of nitro benzene ring substituents is 1. The monoisotopic (exact) mass is 264 g/mol. The fraction of sp³-hybridized carbons (Fsp3) is 0.250. The fourth-order valence-corrected chi connectivity index (χ4v) is 1.32. The first-order valence-electron chi connectivity index (χ1n) is 5.48. The lowest BCUT2D eigenvalue weighted by atomic mass is 10.2. The Balaban J connectivity index is 2.73. The van der Waals surface area contributed by atoms with E-state index in [-0.39, 0.29) is 24.3 Å². The number of carbonyl (C=O) groups excluding carboxylic acids is 2. The van der Waals surface area contributed by atoms with Gasteiger partial charge >= 0.3 is 5.97 Å². The summed E-state index contributed by atoms with van der Waals surface area (Å²) in [4.78, 5) is 32.6. The molecule has 1 aromatic rings. The molecule has 7 heteroatoms. The molecule has 0 saturated heterocycles. The molecule has 0 atom stereocenters. The number of ketones is 1. The van der Waals surface area contributed by atoms with Gasteiger partial charge in [0.1, 0.15) is 6.61 Å². The molecule has 0 bridgehead atoms. The maximum absolute atomic E-state index is 11.4. The van der Waals surface area contributed by atoms with E-state index in [1.807, 2.05) is 0 Å². The normalized spacial score (nSPS) is 9.74. The molecule has 0 spiro atoms. The predicted octanol–water partition coefficient (Wildman–Crippen LogP) is 1.64. The molecular weight excluding hydrogens is 252 g/mol. The van der Waals surface area contributed by atoms with Crippen molar-refractivity contribution in [2.24, 2.45) is 0 Å². The van der Waals surface area contributed by atoms with Gasteiger partial charge in [0.05, 0.1) is 10.5 Å². The third kappa shape index (κ3) is 3.70. The van der Waals surface area contributed by atoms with Crippen molar-refractivity contribution in [2.45, 2.75) is 20.0 Å². The summed E-state index contributed by atoms with van der Waals surface area (Å²) in [5, 5.41) is 18.0. The average Bonchev–Trinajstić information content (AvgIpc) is 2.43. The van der Waals surface area contributed by atoms with Crippen molar-refractivity contribution in [1.29, 1.82) is 5.41 Å². The zero-order chi connectivity index (χ0) is 14.4. The maximum atomic E-state index is 11.4. The number of hydrogen-bond acceptors (Lipinski definition) is 6. The number of nitro groups is 1. The molecule has 0 aliphatic carbocycles. The number of benzene rings is 1. The molecule has 0 aliphatic heterocycles. The van der Waals surface area contributed by atoms with Gasteiger partial charge in [-0.3, -0.25) is 20.3 Å². The van der Waals surface area contributed by atoms with Crippen LogP contribution in [0.15, 0.2) is 24.3 Å². The quantitative estimate of drug-likeness (QED) is 0.276. The molecule has 1 rings (SSSR count). The molecule has 0 aromatic heterocycles. The Morgan fingerprint density at radius 3 is 2.58 bits per heavy atom. The van der Waals surface area contributed by atoms with Gasteiger partial charge in [-0.2, -0.15) is 0 Å². The topological polar surface area (TPSA) is 110 Å². The Bertz CT molecular complexity index is 539. The summed E-state index contributed by atoms with van der Waals surface area (Å²) in [5.41, 5.74) is -0.720. The number of nitrogens with zero attached hydrogens (tertiary/aromatic N) is 1. The predicted molar refractivity (Wildman–Crippen MR) is 65.9 cm³/mol. The largest absolute Gasteiger partial charge is 0.456 e. The zero-order valence-corrected chi connectivity index (χ0v) is 10.2. The van der Waals surface area contributed by atoms with Gasteiger partial charge in [-0.25, -0.2) is 4.79 Å². The summed E-state index contributed by atoms with van der Waals surface area (Å²) in [6.45, 7) is 1.17. The number of Topliss-reactive ketones (excluding diaryl/α,β-unsaturated/α-hetero) is 1. The van der Waals surface area contributed by atoms with Gasteiger partial charge in [0.15, 0.2) is 11.5 Å². The van der Waals surface area contributed by atoms with Crippen LogP contribution in [0, 0.1) is 15.5 Å². The molecule has 0 heterocycles. The van der Waals surface area contributed by atoms with Gasteiger partial charge in [-0.15, -0.1) is 0 Å². The van der Waals surface area contributed by atoms with Crippen LogP contribution in [0.2, 0.25) is 0 Å². The first-order chi connectivity index (χ1) is 8.97. The Kier molecular flexibility index (Phi) is 4.87. The summed E-state index contributed by atoms with van der Waals surface area (Å²) >= 11 is 0. The van der Waals surface area contributed by atoms with Crippen LogP contribution in [-0.4, -0.2) is 22.4 Å². The van der Waals surface area contributed by atoms with Crippen molar-refractivity contribution < 1.29 is 19.2 Å². The van der Waals surface area contributed by atoms with Crippen LogP contribution >= 0.6 is 0 Å². The van der Waals surface area contributed by atoms with Crippen LogP contribution in [0.4, 0.5) is 5.69 Å². The second-order valence-corrected chi connectivity index (χ2v) is 3.61. The van der Waals surface area contributed by atoms with E-state index in [1.54, 1.807) is 6.07 Å². The van der Waals surface area contributed by atoms with Gasteiger partial charge in [0, 0.05) is 12.5 Å². The van der Waals surface area contributed by atoms with Crippen LogP contribution in [0.5, 0.6) is 0 Å². The molecule has 100 valence electrons. The SMILES string of the molecule is CCC(=O)C(=N)C(=O)OCc1ccccc1[N+](=O)[O-]. The summed E-state index contributed by atoms with van der Waals surface area (Å²) < 4.78 is 4.71. The van der Waals surface area contributed by atoms with Crippen molar-refractivity contribution >= 4 is 23.2 Å². The summed E-state index contributed by atoms with van der Waals surface area (Å²) in [5.74, 6) is -1.71. The van der Waals surface area contributed by atoms with Gasteiger partial charge in [-0.1, -0.05) is 19.1 Å². The average molecular weight is 264 g/mol. The highest BCUT2D eigenvalue weighted by molar-refractivity contribution is 6.63. The van der Waals surface area contributed by atoms with E-state index in [9.17, 15) is 19.7 Å². The van der Waals surface area contributed by atoms with E-state index in [0.717, 1.165) is 0 Å². The van der Waals surface area contributed by atoms with Gasteiger partial charge < -0.3 is 4.74 Å². The lowest BCUT2D eigenvalue weighted by Gasteiger charge is -2.05. The van der Waals surface area contributed by atoms with E-state index >= 15 is 0 Å². The van der Waals surface area contributed by atoms with Crippen LogP contribution in [-0.2, 0) is 20.9 Å². The fourth-order valence-electron chi connectivity index (χ4n) is 1.32. The highest BCUT2D eigenvalue weighted by Gasteiger charge is 2.20. The minimum Gasteiger partial charge on any atom is -0.456 e. The van der Waals surface area contributed by atoms with E-state index in [2.05, 4.69) is 0 Å². The van der Waals surface area contributed by atoms with Crippen molar-refractivity contribution in [1.82, 2.24) is 0 Å². The Morgan fingerprint density at radius 2 is 2.00 bits per heavy atom. The second-order valence-electron chi connectivity index (χ2n) is 3.61. The number of esters is 1. The molecule has 0 radical (unpaired) electrons. The van der Waals surface area contributed by atoms with E-state index in [1.165, 1.54) is 25.1 Å². The first-order valence-corrected chi connectivity index (χ1v) is 5.48. The third-order valence-electron chi connectivity index (χ3n) is 2.35. The van der Waals surface area contributed by atoms with Crippen LogP contribution in [0.25, 0.3) is 0 Å². The smallest absolute Gasteiger partial charge is 0.360 e. The Labute approximate surface area is 108 Å². The zero-order valence-electron chi connectivity index (χ0n) is 10.2.